The molecule has 0 atom stereocenters. The number of anilines is 1. The smallest absolute Gasteiger partial charge is 0.297 e. The van der Waals surface area contributed by atoms with Gasteiger partial charge >= 0.3 is 0 Å². The molecule has 21 heavy (non-hydrogen) atoms. The average molecular weight is 293 g/mol. The van der Waals surface area contributed by atoms with Crippen LogP contribution in [0, 0.1) is 0 Å². The lowest BCUT2D eigenvalue weighted by Crippen LogP contribution is -2.13. The summed E-state index contributed by atoms with van der Waals surface area (Å²) in [4.78, 5) is 18.7. The van der Waals surface area contributed by atoms with Crippen molar-refractivity contribution < 1.29 is 14.2 Å². The summed E-state index contributed by atoms with van der Waals surface area (Å²) < 4.78 is 15.6. The van der Waals surface area contributed by atoms with Crippen molar-refractivity contribution in [2.45, 2.75) is 6.42 Å². The highest BCUT2D eigenvalue weighted by Gasteiger charge is 2.05. The first kappa shape index (κ1) is 15.3. The SMILES string of the molecule is COCCOCCCOc1nc2ccc(N)cc2c(=O)[nH]1. The van der Waals surface area contributed by atoms with Crippen molar-refractivity contribution in [3.63, 3.8) is 0 Å². The summed E-state index contributed by atoms with van der Waals surface area (Å²) >= 11 is 0. The second-order valence-electron chi connectivity index (χ2n) is 4.45. The third-order valence-corrected chi connectivity index (χ3v) is 2.81. The Balaban J connectivity index is 1.88. The highest BCUT2D eigenvalue weighted by atomic mass is 16.5. The predicted molar refractivity (Wildman–Crippen MR) is 79.6 cm³/mol. The molecule has 7 heteroatoms. The lowest BCUT2D eigenvalue weighted by Gasteiger charge is -2.06. The number of nitrogens with zero attached hydrogens (tertiary/aromatic N) is 1. The first-order valence-electron chi connectivity index (χ1n) is 6.70. The zero-order valence-electron chi connectivity index (χ0n) is 11.9. The van der Waals surface area contributed by atoms with Gasteiger partial charge in [-0.1, -0.05) is 0 Å². The fraction of sp³-hybridized carbons (Fsp3) is 0.429. The fourth-order valence-corrected chi connectivity index (χ4v) is 1.78. The molecule has 0 spiro atoms. The number of methoxy groups -OCH3 is 1. The van der Waals surface area contributed by atoms with Crippen molar-refractivity contribution in [3.8, 4) is 6.01 Å². The monoisotopic (exact) mass is 293 g/mol. The van der Waals surface area contributed by atoms with E-state index in [2.05, 4.69) is 9.97 Å². The molecule has 3 N–H and O–H groups in total. The number of rotatable bonds is 8. The van der Waals surface area contributed by atoms with Crippen LogP contribution in [0.2, 0.25) is 0 Å². The van der Waals surface area contributed by atoms with Crippen LogP contribution in [0.4, 0.5) is 5.69 Å². The van der Waals surface area contributed by atoms with Gasteiger partial charge in [0.1, 0.15) is 0 Å². The van der Waals surface area contributed by atoms with Gasteiger partial charge in [0.2, 0.25) is 0 Å². The van der Waals surface area contributed by atoms with Gasteiger partial charge in [0.25, 0.3) is 11.6 Å². The number of hydrogen-bond donors (Lipinski definition) is 2. The number of benzene rings is 1. The van der Waals surface area contributed by atoms with Crippen LogP contribution in [0.1, 0.15) is 6.42 Å². The highest BCUT2D eigenvalue weighted by molar-refractivity contribution is 5.81. The van der Waals surface area contributed by atoms with Crippen molar-refractivity contribution in [1.82, 2.24) is 9.97 Å². The normalized spacial score (nSPS) is 10.9. The van der Waals surface area contributed by atoms with Gasteiger partial charge in [0, 0.05) is 25.8 Å². The van der Waals surface area contributed by atoms with Crippen LogP contribution in [0.25, 0.3) is 10.9 Å². The van der Waals surface area contributed by atoms with E-state index in [-0.39, 0.29) is 11.6 Å². The van der Waals surface area contributed by atoms with Crippen LogP contribution in [0.3, 0.4) is 0 Å². The Morgan fingerprint density at radius 2 is 2.10 bits per heavy atom. The summed E-state index contributed by atoms with van der Waals surface area (Å²) in [6.45, 7) is 2.11. The van der Waals surface area contributed by atoms with E-state index in [1.165, 1.54) is 0 Å². The van der Waals surface area contributed by atoms with Crippen molar-refractivity contribution in [2.24, 2.45) is 0 Å². The number of fused-ring (bicyclic) bond motifs is 1. The van der Waals surface area contributed by atoms with Gasteiger partial charge in [-0.3, -0.25) is 9.78 Å². The predicted octanol–water partition coefficient (Wildman–Crippen LogP) is 0.937. The van der Waals surface area contributed by atoms with Crippen LogP contribution >= 0.6 is 0 Å². The van der Waals surface area contributed by atoms with Crippen molar-refractivity contribution >= 4 is 16.6 Å². The van der Waals surface area contributed by atoms with E-state index >= 15 is 0 Å². The summed E-state index contributed by atoms with van der Waals surface area (Å²) in [5.41, 5.74) is 6.46. The Morgan fingerprint density at radius 1 is 1.24 bits per heavy atom. The van der Waals surface area contributed by atoms with Gasteiger partial charge in [-0.05, 0) is 18.2 Å². The molecule has 0 radical (unpaired) electrons. The summed E-state index contributed by atoms with van der Waals surface area (Å²) in [6.07, 6.45) is 0.702. The zero-order valence-corrected chi connectivity index (χ0v) is 11.9. The standard InChI is InChI=1S/C14H19N3O4/c1-19-7-8-20-5-2-6-21-14-16-12-4-3-10(15)9-11(12)13(18)17-14/h3-4,9H,2,5-8,15H2,1H3,(H,16,17,18). The van der Waals surface area contributed by atoms with E-state index in [1.807, 2.05) is 0 Å². The molecule has 0 bridgehead atoms. The molecular formula is C14H19N3O4. The maximum Gasteiger partial charge on any atom is 0.297 e. The molecule has 0 aliphatic carbocycles. The molecule has 0 saturated heterocycles. The van der Waals surface area contributed by atoms with Gasteiger partial charge in [-0.25, -0.2) is 0 Å². The van der Waals surface area contributed by atoms with Gasteiger partial charge in [-0.2, -0.15) is 4.98 Å². The van der Waals surface area contributed by atoms with Gasteiger partial charge in [0.15, 0.2) is 0 Å². The average Bonchev–Trinajstić information content (AvgIpc) is 2.47. The second-order valence-corrected chi connectivity index (χ2v) is 4.45. The molecular weight excluding hydrogens is 274 g/mol. The van der Waals surface area contributed by atoms with E-state index in [9.17, 15) is 4.79 Å². The maximum absolute atomic E-state index is 11.9. The van der Waals surface area contributed by atoms with E-state index in [4.69, 9.17) is 19.9 Å². The van der Waals surface area contributed by atoms with Crippen LogP contribution in [-0.2, 0) is 9.47 Å². The molecule has 2 rings (SSSR count). The highest BCUT2D eigenvalue weighted by Crippen LogP contribution is 2.13. The van der Waals surface area contributed by atoms with Crippen LogP contribution in [0.15, 0.2) is 23.0 Å². The van der Waals surface area contributed by atoms with Crippen LogP contribution in [0.5, 0.6) is 6.01 Å². The molecule has 2 aromatic rings. The first-order chi connectivity index (χ1) is 10.2. The molecule has 0 fully saturated rings. The number of H-pyrrole nitrogens is 1. The zero-order chi connectivity index (χ0) is 15.1. The Labute approximate surface area is 122 Å². The van der Waals surface area contributed by atoms with Crippen LogP contribution in [-0.4, -0.2) is 43.5 Å². The lowest BCUT2D eigenvalue weighted by atomic mass is 10.2. The quantitative estimate of drug-likeness (QED) is 0.555. The van der Waals surface area contributed by atoms with E-state index in [1.54, 1.807) is 25.3 Å². The second kappa shape index (κ2) is 7.61. The minimum atomic E-state index is -0.265. The molecule has 0 aliphatic heterocycles. The topological polar surface area (TPSA) is 99.5 Å². The Morgan fingerprint density at radius 3 is 2.90 bits per heavy atom. The molecule has 114 valence electrons. The molecule has 7 nitrogen and oxygen atoms in total. The molecule has 0 unspecified atom stereocenters. The number of hydrogen-bond acceptors (Lipinski definition) is 6. The molecule has 0 saturated carbocycles. The minimum Gasteiger partial charge on any atom is -0.465 e. The molecule has 0 aliphatic rings. The molecule has 0 amide bonds. The van der Waals surface area contributed by atoms with Crippen molar-refractivity contribution in [2.75, 3.05) is 39.3 Å². The number of ether oxygens (including phenoxy) is 3. The minimum absolute atomic E-state index is 0.203. The molecule has 1 aromatic carbocycles. The van der Waals surface area contributed by atoms with Gasteiger partial charge < -0.3 is 19.9 Å². The Hall–Kier alpha value is -2.12. The Bertz CT molecular complexity index is 642. The van der Waals surface area contributed by atoms with Crippen LogP contribution < -0.4 is 16.0 Å². The summed E-state index contributed by atoms with van der Waals surface area (Å²) in [5.74, 6) is 0. The largest absolute Gasteiger partial charge is 0.465 e. The Kier molecular flexibility index (Phi) is 5.53. The molecule has 1 heterocycles. The molecule has 1 aromatic heterocycles. The van der Waals surface area contributed by atoms with Gasteiger partial charge in [0.05, 0.1) is 30.7 Å². The maximum atomic E-state index is 11.9. The number of nitrogens with two attached hydrogens (primary N) is 1. The fourth-order valence-electron chi connectivity index (χ4n) is 1.78. The summed E-state index contributed by atoms with van der Waals surface area (Å²) in [7, 11) is 1.63. The third-order valence-electron chi connectivity index (χ3n) is 2.81. The first-order valence-corrected chi connectivity index (χ1v) is 6.70. The number of nitrogen functional groups attached to an aromatic ring is 1. The lowest BCUT2D eigenvalue weighted by molar-refractivity contribution is 0.0639. The number of nitrogens with one attached hydrogen (secondary N) is 1. The number of aromatic amines is 1. The third kappa shape index (κ3) is 4.44. The number of aromatic nitrogens is 2. The van der Waals surface area contributed by atoms with Crippen molar-refractivity contribution in [1.29, 1.82) is 0 Å². The summed E-state index contributed by atoms with van der Waals surface area (Å²) in [6, 6.07) is 5.19. The van der Waals surface area contributed by atoms with E-state index < -0.39 is 0 Å². The van der Waals surface area contributed by atoms with Gasteiger partial charge in [-0.15, -0.1) is 0 Å². The van der Waals surface area contributed by atoms with Crippen molar-refractivity contribution in [3.05, 3.63) is 28.6 Å². The van der Waals surface area contributed by atoms with E-state index in [0.717, 1.165) is 0 Å². The summed E-state index contributed by atoms with van der Waals surface area (Å²) in [5, 5.41) is 0.449. The van der Waals surface area contributed by atoms with E-state index in [0.29, 0.717) is 49.4 Å².